The van der Waals surface area contributed by atoms with Crippen molar-refractivity contribution in [2.24, 2.45) is 0 Å². The third kappa shape index (κ3) is 6.76. The van der Waals surface area contributed by atoms with Crippen molar-refractivity contribution in [3.8, 4) is 5.75 Å². The molecule has 2 aliphatic rings. The second-order valence-electron chi connectivity index (χ2n) is 8.74. The molecular formula is C24H36N4O3. The van der Waals surface area contributed by atoms with Crippen LogP contribution in [-0.2, 0) is 24.3 Å². The van der Waals surface area contributed by atoms with Gasteiger partial charge in [-0.15, -0.1) is 0 Å². The SMILES string of the molecule is COCc1noc(CN2CCCCN3CCCCC3CCc3cccc(c3)OCC2)n1. The number of ether oxygens (including phenoxy) is 2. The second-order valence-corrected chi connectivity index (χ2v) is 8.74. The van der Waals surface area contributed by atoms with Crippen LogP contribution in [0.5, 0.6) is 5.75 Å². The van der Waals surface area contributed by atoms with E-state index in [0.717, 1.165) is 37.7 Å². The van der Waals surface area contributed by atoms with Crippen molar-refractivity contribution < 1.29 is 14.0 Å². The number of piperidine rings is 1. The van der Waals surface area contributed by atoms with Crippen molar-refractivity contribution in [2.75, 3.05) is 39.9 Å². The molecule has 1 aromatic carbocycles. The predicted octanol–water partition coefficient (Wildman–Crippen LogP) is 3.68. The number of nitrogens with zero attached hydrogens (tertiary/aromatic N) is 4. The lowest BCUT2D eigenvalue weighted by atomic mass is 9.95. The lowest BCUT2D eigenvalue weighted by Gasteiger charge is -2.36. The summed E-state index contributed by atoms with van der Waals surface area (Å²) in [6.07, 6.45) is 8.81. The molecule has 2 aliphatic heterocycles. The average Bonchev–Trinajstić information content (AvgIpc) is 3.22. The highest BCUT2D eigenvalue weighted by molar-refractivity contribution is 5.28. The molecule has 7 nitrogen and oxygen atoms in total. The maximum Gasteiger partial charge on any atom is 0.240 e. The van der Waals surface area contributed by atoms with Gasteiger partial charge in [-0.05, 0) is 75.9 Å². The Balaban J connectivity index is 1.42. The van der Waals surface area contributed by atoms with Crippen LogP contribution in [0.4, 0.5) is 0 Å². The third-order valence-corrected chi connectivity index (χ3v) is 6.40. The first-order valence-electron chi connectivity index (χ1n) is 11.8. The second kappa shape index (κ2) is 11.6. The van der Waals surface area contributed by atoms with Crippen LogP contribution in [0.2, 0.25) is 0 Å². The molecule has 1 fully saturated rings. The van der Waals surface area contributed by atoms with E-state index in [1.54, 1.807) is 7.11 Å². The number of methoxy groups -OCH3 is 1. The summed E-state index contributed by atoms with van der Waals surface area (Å²) in [6, 6.07) is 9.35. The summed E-state index contributed by atoms with van der Waals surface area (Å²) in [5.74, 6) is 2.20. The van der Waals surface area contributed by atoms with Crippen molar-refractivity contribution in [3.63, 3.8) is 0 Å². The highest BCUT2D eigenvalue weighted by Crippen LogP contribution is 2.23. The summed E-state index contributed by atoms with van der Waals surface area (Å²) >= 11 is 0. The van der Waals surface area contributed by atoms with Gasteiger partial charge in [-0.3, -0.25) is 4.90 Å². The quantitative estimate of drug-likeness (QED) is 0.736. The Morgan fingerprint density at radius 3 is 2.84 bits per heavy atom. The van der Waals surface area contributed by atoms with Crippen molar-refractivity contribution in [2.45, 2.75) is 64.1 Å². The Morgan fingerprint density at radius 2 is 1.94 bits per heavy atom. The molecule has 1 unspecified atom stereocenters. The summed E-state index contributed by atoms with van der Waals surface area (Å²) in [6.45, 7) is 5.96. The number of hydrogen-bond acceptors (Lipinski definition) is 7. The number of aryl methyl sites for hydroxylation is 1. The first-order valence-corrected chi connectivity index (χ1v) is 11.8. The molecule has 1 atom stereocenters. The Morgan fingerprint density at radius 1 is 1.06 bits per heavy atom. The van der Waals surface area contributed by atoms with Gasteiger partial charge in [-0.1, -0.05) is 23.7 Å². The van der Waals surface area contributed by atoms with Gasteiger partial charge in [0.25, 0.3) is 0 Å². The standard InChI is InChI=1S/C24H36N4O3/c1-29-19-23-25-24(31-26-23)18-27-12-4-5-14-28-13-3-2-8-21(28)11-10-20-7-6-9-22(17-20)30-16-15-27/h6-7,9,17,21H,2-5,8,10-16,18-19H2,1H3. The number of fused-ring (bicyclic) bond motifs is 3. The Hall–Kier alpha value is -1.96. The van der Waals surface area contributed by atoms with Crippen molar-refractivity contribution in [1.29, 1.82) is 0 Å². The maximum absolute atomic E-state index is 6.10. The van der Waals surface area contributed by atoms with Crippen molar-refractivity contribution in [1.82, 2.24) is 19.9 Å². The molecule has 3 heterocycles. The lowest BCUT2D eigenvalue weighted by Crippen LogP contribution is -2.40. The molecule has 0 radical (unpaired) electrons. The zero-order valence-corrected chi connectivity index (χ0v) is 18.8. The zero-order valence-electron chi connectivity index (χ0n) is 18.8. The minimum Gasteiger partial charge on any atom is -0.492 e. The Labute approximate surface area is 185 Å². The van der Waals surface area contributed by atoms with Crippen molar-refractivity contribution >= 4 is 0 Å². The molecule has 4 rings (SSSR count). The van der Waals surface area contributed by atoms with E-state index in [-0.39, 0.29) is 0 Å². The minimum absolute atomic E-state index is 0.375. The predicted molar refractivity (Wildman–Crippen MR) is 119 cm³/mol. The van der Waals surface area contributed by atoms with Crippen LogP contribution >= 0.6 is 0 Å². The monoisotopic (exact) mass is 428 g/mol. The fourth-order valence-corrected chi connectivity index (χ4v) is 4.75. The minimum atomic E-state index is 0.375. The van der Waals surface area contributed by atoms with E-state index < -0.39 is 0 Å². The maximum atomic E-state index is 6.10. The van der Waals surface area contributed by atoms with Crippen LogP contribution in [0, 0.1) is 0 Å². The molecule has 2 bridgehead atoms. The first-order chi connectivity index (χ1) is 15.3. The van der Waals surface area contributed by atoms with E-state index in [0.29, 0.717) is 31.5 Å². The number of hydrogen-bond donors (Lipinski definition) is 0. The van der Waals surface area contributed by atoms with Crippen LogP contribution in [0.15, 0.2) is 28.8 Å². The lowest BCUT2D eigenvalue weighted by molar-refractivity contribution is 0.133. The molecule has 7 heteroatoms. The van der Waals surface area contributed by atoms with Gasteiger partial charge in [-0.25, -0.2) is 0 Å². The number of aromatic nitrogens is 2. The van der Waals surface area contributed by atoms with Gasteiger partial charge in [0.15, 0.2) is 5.82 Å². The highest BCUT2D eigenvalue weighted by Gasteiger charge is 2.22. The van der Waals surface area contributed by atoms with Crippen LogP contribution < -0.4 is 4.74 Å². The normalized spacial score (nSPS) is 22.2. The molecule has 1 aromatic heterocycles. The van der Waals surface area contributed by atoms with Gasteiger partial charge >= 0.3 is 0 Å². The Kier molecular flexibility index (Phi) is 8.32. The molecule has 0 amide bonds. The molecule has 2 aromatic rings. The summed E-state index contributed by atoms with van der Waals surface area (Å²) in [4.78, 5) is 9.55. The van der Waals surface area contributed by atoms with Gasteiger partial charge < -0.3 is 18.9 Å². The molecule has 0 aliphatic carbocycles. The molecule has 170 valence electrons. The number of rotatable bonds is 4. The Bertz CT molecular complexity index is 797. The molecule has 0 N–H and O–H groups in total. The molecule has 1 saturated heterocycles. The van der Waals surface area contributed by atoms with Crippen LogP contribution in [0.1, 0.15) is 55.8 Å². The summed E-state index contributed by atoms with van der Waals surface area (Å²) in [5.41, 5.74) is 1.38. The molecule has 0 saturated carbocycles. The fraction of sp³-hybridized carbons (Fsp3) is 0.667. The zero-order chi connectivity index (χ0) is 21.3. The highest BCUT2D eigenvalue weighted by atomic mass is 16.5. The fourth-order valence-electron chi connectivity index (χ4n) is 4.75. The van der Waals surface area contributed by atoms with Gasteiger partial charge in [0.1, 0.15) is 19.0 Å². The van der Waals surface area contributed by atoms with E-state index in [1.807, 2.05) is 0 Å². The summed E-state index contributed by atoms with van der Waals surface area (Å²) in [7, 11) is 1.64. The average molecular weight is 429 g/mol. The van der Waals surface area contributed by atoms with E-state index in [1.165, 1.54) is 50.8 Å². The first kappa shape index (κ1) is 22.2. The summed E-state index contributed by atoms with van der Waals surface area (Å²) < 4.78 is 16.6. The van der Waals surface area contributed by atoms with E-state index in [4.69, 9.17) is 14.0 Å². The molecule has 0 spiro atoms. The van der Waals surface area contributed by atoms with E-state index >= 15 is 0 Å². The smallest absolute Gasteiger partial charge is 0.240 e. The van der Waals surface area contributed by atoms with E-state index in [2.05, 4.69) is 44.2 Å². The van der Waals surface area contributed by atoms with Gasteiger partial charge in [-0.2, -0.15) is 4.98 Å². The van der Waals surface area contributed by atoms with Crippen LogP contribution in [0.25, 0.3) is 0 Å². The van der Waals surface area contributed by atoms with Crippen LogP contribution in [-0.4, -0.2) is 65.9 Å². The van der Waals surface area contributed by atoms with Crippen LogP contribution in [0.3, 0.4) is 0 Å². The topological polar surface area (TPSA) is 63.9 Å². The largest absolute Gasteiger partial charge is 0.492 e. The van der Waals surface area contributed by atoms with E-state index in [9.17, 15) is 0 Å². The van der Waals surface area contributed by atoms with Crippen molar-refractivity contribution in [3.05, 3.63) is 41.5 Å². The summed E-state index contributed by atoms with van der Waals surface area (Å²) in [5, 5.41) is 3.99. The molecular weight excluding hydrogens is 392 g/mol. The van der Waals surface area contributed by atoms with Gasteiger partial charge in [0.05, 0.1) is 6.54 Å². The molecule has 31 heavy (non-hydrogen) atoms. The third-order valence-electron chi connectivity index (χ3n) is 6.40. The van der Waals surface area contributed by atoms with Gasteiger partial charge in [0, 0.05) is 19.7 Å². The number of benzene rings is 1. The van der Waals surface area contributed by atoms with Gasteiger partial charge in [0.2, 0.25) is 5.89 Å².